The van der Waals surface area contributed by atoms with Crippen molar-refractivity contribution >= 4 is 17.9 Å². The van der Waals surface area contributed by atoms with Crippen molar-refractivity contribution < 1.29 is 28.6 Å². The molecule has 0 aromatic heterocycles. The molecule has 6 nitrogen and oxygen atoms in total. The van der Waals surface area contributed by atoms with Crippen LogP contribution in [0.1, 0.15) is 355 Å². The van der Waals surface area contributed by atoms with Crippen LogP contribution in [-0.2, 0) is 28.6 Å². The molecular weight excluding hydrogens is 877 g/mol. The molecule has 0 saturated carbocycles. The third-order valence-electron chi connectivity index (χ3n) is 14.4. The molecule has 0 aliphatic heterocycles. The first-order valence-corrected chi connectivity index (χ1v) is 31.8. The van der Waals surface area contributed by atoms with Crippen molar-refractivity contribution in [1.82, 2.24) is 0 Å². The van der Waals surface area contributed by atoms with E-state index in [2.05, 4.69) is 45.1 Å². The Kier molecular flexibility index (Phi) is 58.6. The molecule has 0 saturated heterocycles. The zero-order valence-corrected chi connectivity index (χ0v) is 48.0. The van der Waals surface area contributed by atoms with Gasteiger partial charge in [-0.3, -0.25) is 14.4 Å². The van der Waals surface area contributed by atoms with Crippen molar-refractivity contribution in [3.63, 3.8) is 0 Å². The SMILES string of the molecule is CCCCC/C=C\CCCCCCCC(=O)OCC(COC(=O)CCCCCCCCCCCCCCCCCCCCCCCCC)OC(=O)CCCCCCCCC/C=C\CCCCCCCCC. The van der Waals surface area contributed by atoms with Crippen LogP contribution in [-0.4, -0.2) is 37.2 Å². The Morgan fingerprint density at radius 1 is 0.268 bits per heavy atom. The molecule has 418 valence electrons. The van der Waals surface area contributed by atoms with Crippen molar-refractivity contribution in [2.75, 3.05) is 13.2 Å². The second kappa shape index (κ2) is 60.4. The fourth-order valence-electron chi connectivity index (χ4n) is 9.61. The lowest BCUT2D eigenvalue weighted by Gasteiger charge is -2.18. The Balaban J connectivity index is 4.24. The highest BCUT2D eigenvalue weighted by Gasteiger charge is 2.19. The van der Waals surface area contributed by atoms with Crippen LogP contribution < -0.4 is 0 Å². The Labute approximate surface area is 443 Å². The molecule has 1 atom stereocenters. The van der Waals surface area contributed by atoms with Gasteiger partial charge in [-0.2, -0.15) is 0 Å². The molecule has 0 aromatic carbocycles. The Morgan fingerprint density at radius 3 is 0.732 bits per heavy atom. The summed E-state index contributed by atoms with van der Waals surface area (Å²) >= 11 is 0. The average Bonchev–Trinajstić information content (AvgIpc) is 3.37. The molecule has 6 heteroatoms. The van der Waals surface area contributed by atoms with Crippen molar-refractivity contribution in [3.05, 3.63) is 24.3 Å². The van der Waals surface area contributed by atoms with Gasteiger partial charge in [0.25, 0.3) is 0 Å². The number of esters is 3. The predicted octanol–water partition coefficient (Wildman–Crippen LogP) is 21.4. The van der Waals surface area contributed by atoms with E-state index < -0.39 is 6.10 Å². The van der Waals surface area contributed by atoms with E-state index in [4.69, 9.17) is 14.2 Å². The molecule has 1 unspecified atom stereocenters. The number of ether oxygens (including phenoxy) is 3. The number of rotatable bonds is 59. The maximum Gasteiger partial charge on any atom is 0.306 e. The van der Waals surface area contributed by atoms with Gasteiger partial charge in [0.05, 0.1) is 0 Å². The molecule has 0 N–H and O–H groups in total. The van der Waals surface area contributed by atoms with Gasteiger partial charge < -0.3 is 14.2 Å². The highest BCUT2D eigenvalue weighted by molar-refractivity contribution is 5.71. The molecule has 0 aromatic rings. The van der Waals surface area contributed by atoms with Gasteiger partial charge in [0, 0.05) is 19.3 Å². The summed E-state index contributed by atoms with van der Waals surface area (Å²) in [6, 6.07) is 0. The van der Waals surface area contributed by atoms with E-state index in [9.17, 15) is 14.4 Å². The van der Waals surface area contributed by atoms with Crippen LogP contribution in [0.2, 0.25) is 0 Å². The number of hydrogen-bond donors (Lipinski definition) is 0. The predicted molar refractivity (Wildman–Crippen MR) is 307 cm³/mol. The minimum atomic E-state index is -0.774. The minimum absolute atomic E-state index is 0.0709. The van der Waals surface area contributed by atoms with Crippen LogP contribution in [0.3, 0.4) is 0 Å². The standard InChI is InChI=1S/C65H122O6/c1-4-7-10-13-16-19-22-25-27-29-31-32-33-34-35-37-38-40-43-46-49-52-55-58-64(67)70-61-62(60-69-63(66)57-54-51-48-45-42-24-21-18-15-12-9-6-3)71-65(68)59-56-53-50-47-44-41-39-36-30-28-26-23-20-17-14-11-8-5-2/h18,21,28,30,62H,4-17,19-20,22-27,29,31-61H2,1-3H3/b21-18-,30-28-. The zero-order chi connectivity index (χ0) is 51.4. The lowest BCUT2D eigenvalue weighted by molar-refractivity contribution is -0.167. The largest absolute Gasteiger partial charge is 0.462 e. The van der Waals surface area contributed by atoms with Crippen LogP contribution in [0.5, 0.6) is 0 Å². The lowest BCUT2D eigenvalue weighted by atomic mass is 10.0. The van der Waals surface area contributed by atoms with Gasteiger partial charge in [0.15, 0.2) is 6.10 Å². The van der Waals surface area contributed by atoms with Gasteiger partial charge in [-0.05, 0) is 70.6 Å². The molecule has 71 heavy (non-hydrogen) atoms. The number of unbranched alkanes of at least 4 members (excludes halogenated alkanes) is 44. The van der Waals surface area contributed by atoms with E-state index in [0.717, 1.165) is 64.2 Å². The fraction of sp³-hybridized carbons (Fsp3) is 0.892. The smallest absolute Gasteiger partial charge is 0.306 e. The number of carbonyl (C=O) groups excluding carboxylic acids is 3. The molecule has 0 fully saturated rings. The summed E-state index contributed by atoms with van der Waals surface area (Å²) in [5.74, 6) is -0.861. The maximum absolute atomic E-state index is 12.9. The quantitative estimate of drug-likeness (QED) is 0.0261. The van der Waals surface area contributed by atoms with E-state index in [1.807, 2.05) is 0 Å². The highest BCUT2D eigenvalue weighted by Crippen LogP contribution is 2.18. The Hall–Kier alpha value is -2.11. The molecule has 0 amide bonds. The summed E-state index contributed by atoms with van der Waals surface area (Å²) in [5, 5.41) is 0. The third-order valence-corrected chi connectivity index (χ3v) is 14.4. The van der Waals surface area contributed by atoms with Crippen LogP contribution in [0, 0.1) is 0 Å². The molecule has 0 aliphatic rings. The molecule has 0 rings (SSSR count). The minimum Gasteiger partial charge on any atom is -0.462 e. The maximum atomic E-state index is 12.9. The van der Waals surface area contributed by atoms with Gasteiger partial charge in [-0.15, -0.1) is 0 Å². The number of hydrogen-bond acceptors (Lipinski definition) is 6. The van der Waals surface area contributed by atoms with E-state index >= 15 is 0 Å². The van der Waals surface area contributed by atoms with Gasteiger partial charge in [-0.1, -0.05) is 289 Å². The zero-order valence-electron chi connectivity index (χ0n) is 48.0. The fourth-order valence-corrected chi connectivity index (χ4v) is 9.61. The van der Waals surface area contributed by atoms with Gasteiger partial charge >= 0.3 is 17.9 Å². The van der Waals surface area contributed by atoms with E-state index in [-0.39, 0.29) is 31.1 Å². The van der Waals surface area contributed by atoms with Crippen LogP contribution in [0.15, 0.2) is 24.3 Å². The summed E-state index contributed by atoms with van der Waals surface area (Å²) < 4.78 is 16.9. The van der Waals surface area contributed by atoms with E-state index in [1.54, 1.807) is 0 Å². The summed E-state index contributed by atoms with van der Waals surface area (Å²) in [6.45, 7) is 6.67. The van der Waals surface area contributed by atoms with Crippen molar-refractivity contribution in [2.45, 2.75) is 361 Å². The summed E-state index contributed by atoms with van der Waals surface area (Å²) in [4.78, 5) is 38.2. The van der Waals surface area contributed by atoms with Crippen LogP contribution >= 0.6 is 0 Å². The lowest BCUT2D eigenvalue weighted by Crippen LogP contribution is -2.30. The molecule has 0 spiro atoms. The van der Waals surface area contributed by atoms with Crippen LogP contribution in [0.25, 0.3) is 0 Å². The molecule has 0 aliphatic carbocycles. The summed E-state index contributed by atoms with van der Waals surface area (Å²) in [6.07, 6.45) is 71.9. The molecule has 0 heterocycles. The van der Waals surface area contributed by atoms with E-state index in [0.29, 0.717) is 19.3 Å². The first-order valence-electron chi connectivity index (χ1n) is 31.8. The molecule has 0 bridgehead atoms. The van der Waals surface area contributed by atoms with Gasteiger partial charge in [0.1, 0.15) is 13.2 Å². The van der Waals surface area contributed by atoms with Crippen molar-refractivity contribution in [2.24, 2.45) is 0 Å². The second-order valence-electron chi connectivity index (χ2n) is 21.7. The molecular formula is C65H122O6. The Morgan fingerprint density at radius 2 is 0.465 bits per heavy atom. The van der Waals surface area contributed by atoms with Gasteiger partial charge in [-0.25, -0.2) is 0 Å². The topological polar surface area (TPSA) is 78.9 Å². The second-order valence-corrected chi connectivity index (χ2v) is 21.7. The molecule has 0 radical (unpaired) electrons. The van der Waals surface area contributed by atoms with Crippen LogP contribution in [0.4, 0.5) is 0 Å². The third kappa shape index (κ3) is 58.7. The van der Waals surface area contributed by atoms with Gasteiger partial charge in [0.2, 0.25) is 0 Å². The Bertz CT molecular complexity index is 1150. The number of carbonyl (C=O) groups is 3. The summed E-state index contributed by atoms with van der Waals surface area (Å²) in [5.41, 5.74) is 0. The highest BCUT2D eigenvalue weighted by atomic mass is 16.6. The average molecular weight is 1000 g/mol. The number of allylic oxidation sites excluding steroid dienone is 4. The monoisotopic (exact) mass is 999 g/mol. The first-order chi connectivity index (χ1) is 35.0. The summed E-state index contributed by atoms with van der Waals surface area (Å²) in [7, 11) is 0. The first kappa shape index (κ1) is 68.9. The van der Waals surface area contributed by atoms with Crippen molar-refractivity contribution in [1.29, 1.82) is 0 Å². The van der Waals surface area contributed by atoms with Crippen molar-refractivity contribution in [3.8, 4) is 0 Å². The normalized spacial score (nSPS) is 12.1. The van der Waals surface area contributed by atoms with E-state index in [1.165, 1.54) is 250 Å².